The minimum atomic E-state index is -0.188. The van der Waals surface area contributed by atoms with E-state index in [4.69, 9.17) is 17.2 Å². The Morgan fingerprint density at radius 2 is 1.74 bits per heavy atom. The molecule has 0 aliphatic carbocycles. The fraction of sp³-hybridized carbons (Fsp3) is 0.308. The predicted octanol–water partition coefficient (Wildman–Crippen LogP) is 4.76. The highest BCUT2D eigenvalue weighted by Crippen LogP contribution is 2.33. The summed E-state index contributed by atoms with van der Waals surface area (Å²) in [6.07, 6.45) is 5.96. The molecule has 2 aromatic heterocycles. The van der Waals surface area contributed by atoms with Crippen LogP contribution in [0.5, 0.6) is 0 Å². The van der Waals surface area contributed by atoms with E-state index >= 15 is 0 Å². The van der Waals surface area contributed by atoms with Crippen molar-refractivity contribution in [1.82, 2.24) is 14.3 Å². The summed E-state index contributed by atoms with van der Waals surface area (Å²) in [6.45, 7) is 6.28. The number of thiocarbonyl (C=S) groups is 1. The van der Waals surface area contributed by atoms with Crippen molar-refractivity contribution < 1.29 is 4.79 Å². The molecule has 6 nitrogen and oxygen atoms in total. The van der Waals surface area contributed by atoms with E-state index < -0.39 is 0 Å². The Bertz CT molecular complexity index is 1280. The average molecular weight is 493 g/mol. The van der Waals surface area contributed by atoms with E-state index in [2.05, 4.69) is 18.7 Å². The van der Waals surface area contributed by atoms with Gasteiger partial charge in [0.2, 0.25) is 0 Å². The SMILES string of the molecule is CCCN(CCC)c1nc2ccccn2c(=O)c1C=C1SC(=S)N(CCc2ccccc2)C1=O. The van der Waals surface area contributed by atoms with Crippen LogP contribution in [-0.2, 0) is 11.2 Å². The molecule has 1 fully saturated rings. The summed E-state index contributed by atoms with van der Waals surface area (Å²) in [5.74, 6) is 0.460. The first kappa shape index (κ1) is 24.2. The van der Waals surface area contributed by atoms with Gasteiger partial charge in [0.25, 0.3) is 11.5 Å². The first-order valence-electron chi connectivity index (χ1n) is 11.6. The summed E-state index contributed by atoms with van der Waals surface area (Å²) in [5.41, 5.74) is 1.98. The third-order valence-corrected chi connectivity index (χ3v) is 7.03. The van der Waals surface area contributed by atoms with E-state index in [0.717, 1.165) is 31.5 Å². The molecule has 1 amide bonds. The minimum absolute atomic E-state index is 0.160. The van der Waals surface area contributed by atoms with Crippen molar-refractivity contribution >= 4 is 51.7 Å². The molecule has 0 unspecified atom stereocenters. The number of hydrogen-bond acceptors (Lipinski definition) is 6. The Hall–Kier alpha value is -2.97. The molecule has 1 aliphatic rings. The lowest BCUT2D eigenvalue weighted by Gasteiger charge is -2.24. The molecule has 0 N–H and O–H groups in total. The lowest BCUT2D eigenvalue weighted by atomic mass is 10.1. The molecule has 1 saturated heterocycles. The molecule has 3 aromatic rings. The molecule has 1 aliphatic heterocycles. The molecule has 0 atom stereocenters. The van der Waals surface area contributed by atoms with Gasteiger partial charge in [-0.05, 0) is 43.0 Å². The molecule has 8 heteroatoms. The highest BCUT2D eigenvalue weighted by atomic mass is 32.2. The van der Waals surface area contributed by atoms with Gasteiger partial charge in [-0.1, -0.05) is 74.2 Å². The zero-order valence-electron chi connectivity index (χ0n) is 19.4. The highest BCUT2D eigenvalue weighted by molar-refractivity contribution is 8.26. The number of aromatic nitrogens is 2. The molecule has 1 aromatic carbocycles. The minimum Gasteiger partial charge on any atom is -0.356 e. The molecular formula is C26H28N4O2S2. The monoisotopic (exact) mass is 492 g/mol. The number of amides is 1. The molecule has 4 rings (SSSR count). The van der Waals surface area contributed by atoms with Gasteiger partial charge < -0.3 is 4.90 Å². The number of rotatable bonds is 9. The maximum atomic E-state index is 13.5. The topological polar surface area (TPSA) is 57.9 Å². The Morgan fingerprint density at radius 3 is 2.44 bits per heavy atom. The standard InChI is InChI=1S/C26H28N4O2S2/c1-3-14-28(15-4-2)23-20(24(31)29-16-9-8-12-22(29)27-23)18-21-25(32)30(26(33)34-21)17-13-19-10-6-5-7-11-19/h5-12,16,18H,3-4,13-15,17H2,1-2H3. The highest BCUT2D eigenvalue weighted by Gasteiger charge is 2.32. The van der Waals surface area contributed by atoms with E-state index in [1.54, 1.807) is 23.2 Å². The van der Waals surface area contributed by atoms with Crippen LogP contribution in [0.3, 0.4) is 0 Å². The zero-order chi connectivity index (χ0) is 24.1. The molecule has 0 radical (unpaired) electrons. The fourth-order valence-corrected chi connectivity index (χ4v) is 5.32. The largest absolute Gasteiger partial charge is 0.356 e. The van der Waals surface area contributed by atoms with Crippen LogP contribution in [-0.4, -0.2) is 44.1 Å². The first-order valence-corrected chi connectivity index (χ1v) is 12.8. The molecular weight excluding hydrogens is 464 g/mol. The van der Waals surface area contributed by atoms with Gasteiger partial charge >= 0.3 is 0 Å². The van der Waals surface area contributed by atoms with Crippen LogP contribution in [0.2, 0.25) is 0 Å². The van der Waals surface area contributed by atoms with Crippen LogP contribution < -0.4 is 10.5 Å². The Kier molecular flexibility index (Phi) is 7.80. The Morgan fingerprint density at radius 1 is 1.03 bits per heavy atom. The van der Waals surface area contributed by atoms with Crippen molar-refractivity contribution in [2.75, 3.05) is 24.5 Å². The number of nitrogens with zero attached hydrogens (tertiary/aromatic N) is 4. The van der Waals surface area contributed by atoms with Gasteiger partial charge in [-0.2, -0.15) is 0 Å². The summed E-state index contributed by atoms with van der Waals surface area (Å²) in [5, 5.41) is 0. The van der Waals surface area contributed by atoms with Crippen molar-refractivity contribution in [2.24, 2.45) is 0 Å². The Balaban J connectivity index is 1.72. The fourth-order valence-electron chi connectivity index (χ4n) is 4.03. The molecule has 176 valence electrons. The van der Waals surface area contributed by atoms with Gasteiger partial charge in [0.15, 0.2) is 0 Å². The second kappa shape index (κ2) is 11.0. The average Bonchev–Trinajstić information content (AvgIpc) is 3.12. The van der Waals surface area contributed by atoms with Crippen molar-refractivity contribution in [3.63, 3.8) is 0 Å². The van der Waals surface area contributed by atoms with E-state index in [0.29, 0.717) is 39.2 Å². The maximum Gasteiger partial charge on any atom is 0.267 e. The lowest BCUT2D eigenvalue weighted by Crippen LogP contribution is -2.31. The van der Waals surface area contributed by atoms with E-state index in [9.17, 15) is 9.59 Å². The molecule has 0 spiro atoms. The maximum absolute atomic E-state index is 13.5. The number of carbonyl (C=O) groups is 1. The van der Waals surface area contributed by atoms with E-state index in [1.807, 2.05) is 42.5 Å². The van der Waals surface area contributed by atoms with Crippen LogP contribution >= 0.6 is 24.0 Å². The van der Waals surface area contributed by atoms with Gasteiger partial charge in [0, 0.05) is 25.8 Å². The van der Waals surface area contributed by atoms with Gasteiger partial charge in [-0.3, -0.25) is 18.9 Å². The van der Waals surface area contributed by atoms with Gasteiger partial charge in [-0.25, -0.2) is 4.98 Å². The van der Waals surface area contributed by atoms with Crippen molar-refractivity contribution in [2.45, 2.75) is 33.1 Å². The third-order valence-electron chi connectivity index (χ3n) is 5.65. The van der Waals surface area contributed by atoms with Gasteiger partial charge in [-0.15, -0.1) is 0 Å². The number of thioether (sulfide) groups is 1. The number of fused-ring (bicyclic) bond motifs is 1. The number of anilines is 1. The molecule has 34 heavy (non-hydrogen) atoms. The lowest BCUT2D eigenvalue weighted by molar-refractivity contribution is -0.122. The van der Waals surface area contributed by atoms with Crippen LogP contribution in [0.1, 0.15) is 37.8 Å². The molecule has 0 saturated carbocycles. The summed E-state index contributed by atoms with van der Waals surface area (Å²) in [6, 6.07) is 15.5. The van der Waals surface area contributed by atoms with Crippen LogP contribution in [0, 0.1) is 0 Å². The zero-order valence-corrected chi connectivity index (χ0v) is 21.1. The second-order valence-electron chi connectivity index (χ2n) is 8.14. The van der Waals surface area contributed by atoms with Gasteiger partial charge in [0.1, 0.15) is 15.8 Å². The van der Waals surface area contributed by atoms with Crippen LogP contribution in [0.4, 0.5) is 5.82 Å². The van der Waals surface area contributed by atoms with Crippen molar-refractivity contribution in [3.8, 4) is 0 Å². The molecule has 0 bridgehead atoms. The Labute approximate surface area is 209 Å². The first-order chi connectivity index (χ1) is 16.5. The molecule has 3 heterocycles. The van der Waals surface area contributed by atoms with Gasteiger partial charge in [0.05, 0.1) is 10.5 Å². The summed E-state index contributed by atoms with van der Waals surface area (Å²) >= 11 is 6.77. The van der Waals surface area contributed by atoms with E-state index in [1.165, 1.54) is 16.2 Å². The smallest absolute Gasteiger partial charge is 0.267 e. The van der Waals surface area contributed by atoms with E-state index in [-0.39, 0.29) is 11.5 Å². The quantitative estimate of drug-likeness (QED) is 0.317. The summed E-state index contributed by atoms with van der Waals surface area (Å²) in [4.78, 5) is 35.8. The summed E-state index contributed by atoms with van der Waals surface area (Å²) < 4.78 is 2.04. The number of carbonyl (C=O) groups excluding carboxylic acids is 1. The summed E-state index contributed by atoms with van der Waals surface area (Å²) in [7, 11) is 0. The van der Waals surface area contributed by atoms with Crippen LogP contribution in [0.25, 0.3) is 11.7 Å². The number of benzene rings is 1. The van der Waals surface area contributed by atoms with Crippen molar-refractivity contribution in [1.29, 1.82) is 0 Å². The predicted molar refractivity (Wildman–Crippen MR) is 144 cm³/mol. The number of hydrogen-bond donors (Lipinski definition) is 0. The normalized spacial score (nSPS) is 15.0. The van der Waals surface area contributed by atoms with Crippen LogP contribution in [0.15, 0.2) is 64.4 Å². The van der Waals surface area contributed by atoms with Crippen molar-refractivity contribution in [3.05, 3.63) is 81.1 Å². The number of pyridine rings is 1. The second-order valence-corrected chi connectivity index (χ2v) is 9.81. The third kappa shape index (κ3) is 5.08.